The van der Waals surface area contributed by atoms with Crippen LogP contribution >= 0.6 is 12.2 Å². The first-order valence-electron chi connectivity index (χ1n) is 5.32. The van der Waals surface area contributed by atoms with E-state index in [1.54, 1.807) is 19.1 Å². The lowest BCUT2D eigenvalue weighted by Crippen LogP contribution is -2.46. The minimum Gasteiger partial charge on any atom is -0.366 e. The number of nitrogens with one attached hydrogen (secondary N) is 2. The molecule has 6 heteroatoms. The Balaban J connectivity index is 2.46. The lowest BCUT2D eigenvalue weighted by atomic mass is 9.95. The molecule has 1 heterocycles. The molecule has 1 aromatic rings. The molecule has 0 fully saturated rings. The predicted octanol–water partition coefficient (Wildman–Crippen LogP) is 1.10. The van der Waals surface area contributed by atoms with Crippen LogP contribution in [0.4, 0.5) is 4.39 Å². The van der Waals surface area contributed by atoms with Gasteiger partial charge in [0.15, 0.2) is 5.11 Å². The van der Waals surface area contributed by atoms with E-state index >= 15 is 0 Å². The molecule has 0 saturated heterocycles. The molecule has 0 radical (unpaired) electrons. The van der Waals surface area contributed by atoms with Gasteiger partial charge >= 0.3 is 0 Å². The van der Waals surface area contributed by atoms with Gasteiger partial charge in [-0.1, -0.05) is 12.1 Å². The summed E-state index contributed by atoms with van der Waals surface area (Å²) in [5.74, 6) is -0.874. The number of thiocarbonyl (C=S) groups is 1. The Labute approximate surface area is 109 Å². The van der Waals surface area contributed by atoms with Crippen molar-refractivity contribution in [2.45, 2.75) is 13.0 Å². The number of amides is 1. The molecule has 2 rings (SSSR count). The van der Waals surface area contributed by atoms with Crippen LogP contribution in [0.3, 0.4) is 0 Å². The Morgan fingerprint density at radius 1 is 1.39 bits per heavy atom. The maximum atomic E-state index is 12.9. The second kappa shape index (κ2) is 4.73. The van der Waals surface area contributed by atoms with E-state index in [4.69, 9.17) is 18.0 Å². The average Bonchev–Trinajstić information content (AvgIpc) is 2.28. The lowest BCUT2D eigenvalue weighted by molar-refractivity contribution is -0.115. The molecule has 1 unspecified atom stereocenters. The van der Waals surface area contributed by atoms with Gasteiger partial charge < -0.3 is 16.4 Å². The monoisotopic (exact) mass is 265 g/mol. The number of hydrogen-bond acceptors (Lipinski definition) is 2. The highest BCUT2D eigenvalue weighted by atomic mass is 32.1. The van der Waals surface area contributed by atoms with Crippen molar-refractivity contribution < 1.29 is 9.18 Å². The van der Waals surface area contributed by atoms with E-state index in [1.165, 1.54) is 12.1 Å². The van der Waals surface area contributed by atoms with E-state index in [9.17, 15) is 9.18 Å². The lowest BCUT2D eigenvalue weighted by Gasteiger charge is -2.29. The Morgan fingerprint density at radius 2 is 2.00 bits per heavy atom. The number of allylic oxidation sites excluding steroid dienone is 1. The summed E-state index contributed by atoms with van der Waals surface area (Å²) in [5.41, 5.74) is 7.11. The number of carbonyl (C=O) groups is 1. The fourth-order valence-corrected chi connectivity index (χ4v) is 2.20. The van der Waals surface area contributed by atoms with Crippen LogP contribution in [0.5, 0.6) is 0 Å². The van der Waals surface area contributed by atoms with E-state index in [2.05, 4.69) is 10.6 Å². The molecule has 18 heavy (non-hydrogen) atoms. The molecule has 0 bridgehead atoms. The molecule has 4 nitrogen and oxygen atoms in total. The SMILES string of the molecule is CC1=C(C(N)=O)C(c2ccc(F)cc2)NC(=S)N1. The molecular weight excluding hydrogens is 253 g/mol. The Hall–Kier alpha value is -1.95. The largest absolute Gasteiger partial charge is 0.366 e. The van der Waals surface area contributed by atoms with Crippen molar-refractivity contribution in [3.8, 4) is 0 Å². The summed E-state index contributed by atoms with van der Waals surface area (Å²) < 4.78 is 12.9. The van der Waals surface area contributed by atoms with Crippen LogP contribution in [0.2, 0.25) is 0 Å². The fourth-order valence-electron chi connectivity index (χ4n) is 1.93. The van der Waals surface area contributed by atoms with Gasteiger partial charge in [0.05, 0.1) is 11.6 Å². The van der Waals surface area contributed by atoms with E-state index < -0.39 is 11.9 Å². The topological polar surface area (TPSA) is 67.2 Å². The summed E-state index contributed by atoms with van der Waals surface area (Å²) in [4.78, 5) is 11.5. The summed E-state index contributed by atoms with van der Waals surface area (Å²) in [6, 6.07) is 5.40. The van der Waals surface area contributed by atoms with Gasteiger partial charge in [-0.25, -0.2) is 4.39 Å². The summed E-state index contributed by atoms with van der Waals surface area (Å²) in [7, 11) is 0. The molecule has 1 amide bonds. The summed E-state index contributed by atoms with van der Waals surface area (Å²) in [6.45, 7) is 1.73. The molecule has 1 aliphatic heterocycles. The molecule has 1 aromatic carbocycles. The van der Waals surface area contributed by atoms with Gasteiger partial charge in [-0.3, -0.25) is 4.79 Å². The third kappa shape index (κ3) is 2.33. The van der Waals surface area contributed by atoms with Gasteiger partial charge in [-0.2, -0.15) is 0 Å². The Bertz CT molecular complexity index is 539. The van der Waals surface area contributed by atoms with Crippen molar-refractivity contribution >= 4 is 23.2 Å². The second-order valence-corrected chi connectivity index (χ2v) is 4.39. The van der Waals surface area contributed by atoms with Gasteiger partial charge in [-0.15, -0.1) is 0 Å². The standard InChI is InChI=1S/C12H12FN3OS/c1-6-9(11(14)17)10(16-12(18)15-6)7-2-4-8(13)5-3-7/h2-5,10H,1H3,(H2,14,17)(H2,15,16,18). The second-order valence-electron chi connectivity index (χ2n) is 3.99. The van der Waals surface area contributed by atoms with Gasteiger partial charge in [0, 0.05) is 5.70 Å². The quantitative estimate of drug-likeness (QED) is 0.701. The average molecular weight is 265 g/mol. The number of halogens is 1. The highest BCUT2D eigenvalue weighted by Crippen LogP contribution is 2.26. The molecule has 0 spiro atoms. The number of primary amides is 1. The van der Waals surface area contributed by atoms with Crippen LogP contribution in [0.1, 0.15) is 18.5 Å². The smallest absolute Gasteiger partial charge is 0.248 e. The third-order valence-electron chi connectivity index (χ3n) is 2.74. The van der Waals surface area contributed by atoms with Crippen LogP contribution in [0, 0.1) is 5.82 Å². The number of nitrogens with two attached hydrogens (primary N) is 1. The van der Waals surface area contributed by atoms with Crippen molar-refractivity contribution in [2.75, 3.05) is 0 Å². The highest BCUT2D eigenvalue weighted by molar-refractivity contribution is 7.80. The van der Waals surface area contributed by atoms with Crippen LogP contribution in [0.15, 0.2) is 35.5 Å². The van der Waals surface area contributed by atoms with Crippen molar-refractivity contribution in [1.82, 2.24) is 10.6 Å². The molecular formula is C12H12FN3OS. The zero-order valence-corrected chi connectivity index (χ0v) is 10.5. The molecule has 1 aliphatic rings. The van der Waals surface area contributed by atoms with Gasteiger partial charge in [0.25, 0.3) is 0 Å². The predicted molar refractivity (Wildman–Crippen MR) is 69.9 cm³/mol. The first-order chi connectivity index (χ1) is 8.49. The van der Waals surface area contributed by atoms with E-state index in [1.807, 2.05) is 0 Å². The Morgan fingerprint density at radius 3 is 2.56 bits per heavy atom. The van der Waals surface area contributed by atoms with Crippen LogP contribution in [-0.2, 0) is 4.79 Å². The minimum atomic E-state index is -0.538. The third-order valence-corrected chi connectivity index (χ3v) is 2.96. The number of carbonyl (C=O) groups excluding carboxylic acids is 1. The molecule has 0 aromatic heterocycles. The van der Waals surface area contributed by atoms with Gasteiger partial charge in [-0.05, 0) is 36.8 Å². The summed E-state index contributed by atoms with van der Waals surface area (Å²) in [5, 5.41) is 6.21. The zero-order valence-electron chi connectivity index (χ0n) is 9.66. The molecule has 0 saturated carbocycles. The number of benzene rings is 1. The van der Waals surface area contributed by atoms with Crippen LogP contribution in [0.25, 0.3) is 0 Å². The maximum Gasteiger partial charge on any atom is 0.248 e. The molecule has 94 valence electrons. The van der Waals surface area contributed by atoms with Crippen LogP contribution in [-0.4, -0.2) is 11.0 Å². The molecule has 0 aliphatic carbocycles. The van der Waals surface area contributed by atoms with E-state index in [-0.39, 0.29) is 5.82 Å². The molecule has 4 N–H and O–H groups in total. The van der Waals surface area contributed by atoms with Crippen molar-refractivity contribution in [3.05, 3.63) is 46.9 Å². The number of rotatable bonds is 2. The maximum absolute atomic E-state index is 12.9. The number of hydrogen-bond donors (Lipinski definition) is 3. The van der Waals surface area contributed by atoms with Crippen molar-refractivity contribution in [3.63, 3.8) is 0 Å². The first kappa shape index (κ1) is 12.5. The summed E-state index contributed by atoms with van der Waals surface area (Å²) >= 11 is 5.04. The van der Waals surface area contributed by atoms with Crippen molar-refractivity contribution in [1.29, 1.82) is 0 Å². The fraction of sp³-hybridized carbons (Fsp3) is 0.167. The van der Waals surface area contributed by atoms with Gasteiger partial charge in [0.1, 0.15) is 5.82 Å². The first-order valence-corrected chi connectivity index (χ1v) is 5.73. The van der Waals surface area contributed by atoms with Gasteiger partial charge in [0.2, 0.25) is 5.91 Å². The molecule has 1 atom stereocenters. The minimum absolute atomic E-state index is 0.336. The van der Waals surface area contributed by atoms with Crippen molar-refractivity contribution in [2.24, 2.45) is 5.73 Å². The van der Waals surface area contributed by atoms with Crippen LogP contribution < -0.4 is 16.4 Å². The Kier molecular flexibility index (Phi) is 3.29. The normalized spacial score (nSPS) is 19.2. The summed E-state index contributed by atoms with van der Waals surface area (Å²) in [6.07, 6.45) is 0. The van der Waals surface area contributed by atoms with E-state index in [0.29, 0.717) is 16.4 Å². The highest BCUT2D eigenvalue weighted by Gasteiger charge is 2.28. The zero-order chi connectivity index (χ0) is 13.3. The van der Waals surface area contributed by atoms with E-state index in [0.717, 1.165) is 5.56 Å².